The second kappa shape index (κ2) is 8.18. The number of anilines is 1. The summed E-state index contributed by atoms with van der Waals surface area (Å²) in [7, 11) is 0. The number of carbonyl (C=O) groups excluding carboxylic acids is 2. The molecule has 1 aliphatic rings. The fourth-order valence-corrected chi connectivity index (χ4v) is 4.54. The highest BCUT2D eigenvalue weighted by Gasteiger charge is 2.48. The van der Waals surface area contributed by atoms with Crippen LogP contribution in [0.15, 0.2) is 54.1 Å². The molecule has 1 fully saturated rings. The van der Waals surface area contributed by atoms with Crippen molar-refractivity contribution >= 4 is 51.2 Å². The molecule has 0 saturated carbocycles. The number of rotatable bonds is 4. The minimum Gasteiger partial charge on any atom is -0.507 e. The number of nitro benzene ring substituents is 1. The summed E-state index contributed by atoms with van der Waals surface area (Å²) < 4.78 is 0. The van der Waals surface area contributed by atoms with Crippen LogP contribution in [0.2, 0.25) is 5.02 Å². The highest BCUT2D eigenvalue weighted by atomic mass is 35.5. The number of ketones is 1. The van der Waals surface area contributed by atoms with Crippen molar-refractivity contribution in [3.05, 3.63) is 90.9 Å². The van der Waals surface area contributed by atoms with E-state index in [0.29, 0.717) is 16.3 Å². The van der Waals surface area contributed by atoms with Gasteiger partial charge in [0.15, 0.2) is 5.13 Å². The lowest BCUT2D eigenvalue weighted by Crippen LogP contribution is -2.29. The number of benzene rings is 2. The summed E-state index contributed by atoms with van der Waals surface area (Å²) in [4.78, 5) is 43.4. The number of non-ortho nitro benzene ring substituents is 1. The number of aliphatic hydroxyl groups excluding tert-OH is 1. The molecule has 1 N–H and O–H groups in total. The first-order valence-electron chi connectivity index (χ1n) is 9.44. The zero-order chi connectivity index (χ0) is 23.2. The summed E-state index contributed by atoms with van der Waals surface area (Å²) in [5, 5.41) is 23.1. The van der Waals surface area contributed by atoms with Gasteiger partial charge in [-0.05, 0) is 43.7 Å². The number of aromatic nitrogens is 1. The Morgan fingerprint density at radius 3 is 2.47 bits per heavy atom. The summed E-state index contributed by atoms with van der Waals surface area (Å²) in [6.07, 6.45) is 0. The van der Waals surface area contributed by atoms with Gasteiger partial charge in [-0.25, -0.2) is 4.98 Å². The number of Topliss-reactive ketones (excluding diaryl/α,β-unsaturated/α-hetero) is 1. The van der Waals surface area contributed by atoms with Crippen LogP contribution in [0.1, 0.15) is 27.7 Å². The largest absolute Gasteiger partial charge is 0.507 e. The van der Waals surface area contributed by atoms with Gasteiger partial charge in [0.2, 0.25) is 0 Å². The Balaban J connectivity index is 1.97. The second-order valence-electron chi connectivity index (χ2n) is 7.17. The van der Waals surface area contributed by atoms with Crippen LogP contribution in [-0.4, -0.2) is 26.7 Å². The number of aliphatic hydroxyl groups is 1. The number of amides is 1. The van der Waals surface area contributed by atoms with Gasteiger partial charge in [0.05, 0.1) is 22.2 Å². The van der Waals surface area contributed by atoms with Crippen LogP contribution >= 0.6 is 22.9 Å². The number of halogens is 1. The SMILES string of the molecule is Cc1nc(N2C(=O)C(=O)/C(=C(/O)c3ccc(Cl)cc3)[C@@H]2c2cccc([N+](=O)[O-])c2)sc1C. The van der Waals surface area contributed by atoms with Gasteiger partial charge in [0.1, 0.15) is 5.76 Å². The average Bonchev–Trinajstić information content (AvgIpc) is 3.23. The normalized spacial score (nSPS) is 17.7. The van der Waals surface area contributed by atoms with Crippen molar-refractivity contribution in [2.75, 3.05) is 4.90 Å². The fraction of sp³-hybridized carbons (Fsp3) is 0.136. The molecule has 0 bridgehead atoms. The van der Waals surface area contributed by atoms with E-state index in [-0.39, 0.29) is 22.0 Å². The smallest absolute Gasteiger partial charge is 0.301 e. The van der Waals surface area contributed by atoms with Gasteiger partial charge < -0.3 is 5.11 Å². The van der Waals surface area contributed by atoms with Crippen molar-refractivity contribution in [1.29, 1.82) is 0 Å². The summed E-state index contributed by atoms with van der Waals surface area (Å²) in [6.45, 7) is 3.62. The molecule has 2 aromatic carbocycles. The highest BCUT2D eigenvalue weighted by Crippen LogP contribution is 2.44. The van der Waals surface area contributed by atoms with E-state index in [1.165, 1.54) is 46.6 Å². The Kier molecular flexibility index (Phi) is 5.53. The van der Waals surface area contributed by atoms with Gasteiger partial charge in [0, 0.05) is 27.6 Å². The number of thiazole rings is 1. The number of hydrogen-bond donors (Lipinski definition) is 1. The minimum atomic E-state index is -1.09. The molecule has 0 aliphatic carbocycles. The fourth-order valence-electron chi connectivity index (χ4n) is 3.48. The Morgan fingerprint density at radius 2 is 1.88 bits per heavy atom. The standard InChI is InChI=1S/C22H16ClN3O5S/c1-11-12(2)32-22(24-11)25-18(14-4-3-5-16(10-14)26(30)31)17(20(28)21(25)29)19(27)13-6-8-15(23)9-7-13/h3-10,18,27H,1-2H3/b19-17+/t18-/m0/s1. The predicted molar refractivity (Wildman–Crippen MR) is 121 cm³/mol. The maximum absolute atomic E-state index is 13.1. The molecule has 8 nitrogen and oxygen atoms in total. The quantitative estimate of drug-likeness (QED) is 0.190. The Morgan fingerprint density at radius 1 is 1.19 bits per heavy atom. The van der Waals surface area contributed by atoms with Gasteiger partial charge in [-0.2, -0.15) is 0 Å². The molecule has 1 atom stereocenters. The molecule has 10 heteroatoms. The maximum Gasteiger partial charge on any atom is 0.301 e. The van der Waals surface area contributed by atoms with Gasteiger partial charge in [-0.3, -0.25) is 24.6 Å². The molecule has 1 aromatic heterocycles. The van der Waals surface area contributed by atoms with Crippen LogP contribution in [0.3, 0.4) is 0 Å². The molecule has 162 valence electrons. The second-order valence-corrected chi connectivity index (χ2v) is 8.78. The van der Waals surface area contributed by atoms with Crippen LogP contribution in [-0.2, 0) is 9.59 Å². The number of nitrogens with zero attached hydrogens (tertiary/aromatic N) is 3. The maximum atomic E-state index is 13.1. The molecular formula is C22H16ClN3O5S. The first-order chi connectivity index (χ1) is 15.2. The Labute approximate surface area is 191 Å². The van der Waals surface area contributed by atoms with Crippen LogP contribution in [0.5, 0.6) is 0 Å². The summed E-state index contributed by atoms with van der Waals surface area (Å²) in [5.41, 5.74) is 0.908. The molecule has 1 aliphatic heterocycles. The van der Waals surface area contributed by atoms with E-state index in [1.807, 2.05) is 6.92 Å². The molecule has 0 radical (unpaired) electrons. The van der Waals surface area contributed by atoms with Crippen molar-refractivity contribution in [3.8, 4) is 0 Å². The van der Waals surface area contributed by atoms with Crippen LogP contribution in [0.4, 0.5) is 10.8 Å². The van der Waals surface area contributed by atoms with E-state index in [4.69, 9.17) is 11.6 Å². The monoisotopic (exact) mass is 469 g/mol. The average molecular weight is 470 g/mol. The lowest BCUT2D eigenvalue weighted by molar-refractivity contribution is -0.384. The summed E-state index contributed by atoms with van der Waals surface area (Å²) >= 11 is 7.15. The first-order valence-corrected chi connectivity index (χ1v) is 10.6. The molecule has 1 saturated heterocycles. The van der Waals surface area contributed by atoms with Crippen LogP contribution in [0, 0.1) is 24.0 Å². The number of nitro groups is 1. The topological polar surface area (TPSA) is 114 Å². The predicted octanol–water partition coefficient (Wildman–Crippen LogP) is 4.95. The van der Waals surface area contributed by atoms with Crippen molar-refractivity contribution in [2.45, 2.75) is 19.9 Å². The summed E-state index contributed by atoms with van der Waals surface area (Å²) in [6, 6.07) is 10.7. The lowest BCUT2D eigenvalue weighted by atomic mass is 9.95. The number of hydrogen-bond acceptors (Lipinski definition) is 7. The number of aryl methyl sites for hydroxylation is 2. The van der Waals surface area contributed by atoms with E-state index in [2.05, 4.69) is 4.98 Å². The van der Waals surface area contributed by atoms with Crippen molar-refractivity contribution in [1.82, 2.24) is 4.98 Å². The van der Waals surface area contributed by atoms with Crippen LogP contribution < -0.4 is 4.90 Å². The molecule has 0 unspecified atom stereocenters. The van der Waals surface area contributed by atoms with Crippen molar-refractivity contribution in [2.24, 2.45) is 0 Å². The summed E-state index contributed by atoms with van der Waals surface area (Å²) in [5.74, 6) is -2.17. The van der Waals surface area contributed by atoms with Gasteiger partial charge in [-0.15, -0.1) is 11.3 Å². The van der Waals surface area contributed by atoms with Crippen LogP contribution in [0.25, 0.3) is 5.76 Å². The third-order valence-electron chi connectivity index (χ3n) is 5.18. The molecule has 3 aromatic rings. The molecule has 2 heterocycles. The van der Waals surface area contributed by atoms with E-state index in [9.17, 15) is 24.8 Å². The molecule has 4 rings (SSSR count). The molecule has 32 heavy (non-hydrogen) atoms. The van der Waals surface area contributed by atoms with Crippen molar-refractivity contribution in [3.63, 3.8) is 0 Å². The lowest BCUT2D eigenvalue weighted by Gasteiger charge is -2.22. The van der Waals surface area contributed by atoms with Gasteiger partial charge in [0.25, 0.3) is 11.5 Å². The third-order valence-corrected chi connectivity index (χ3v) is 6.51. The van der Waals surface area contributed by atoms with Gasteiger partial charge >= 0.3 is 5.91 Å². The van der Waals surface area contributed by atoms with E-state index in [0.717, 1.165) is 4.88 Å². The zero-order valence-electron chi connectivity index (χ0n) is 16.9. The van der Waals surface area contributed by atoms with E-state index >= 15 is 0 Å². The zero-order valence-corrected chi connectivity index (χ0v) is 18.5. The molecule has 1 amide bonds. The van der Waals surface area contributed by atoms with E-state index in [1.54, 1.807) is 25.1 Å². The molecule has 0 spiro atoms. The van der Waals surface area contributed by atoms with Crippen molar-refractivity contribution < 1.29 is 19.6 Å². The first kappa shape index (κ1) is 21.7. The Hall–Kier alpha value is -3.56. The van der Waals surface area contributed by atoms with E-state index < -0.39 is 28.4 Å². The van der Waals surface area contributed by atoms with Gasteiger partial charge in [-0.1, -0.05) is 23.7 Å². The molecular weight excluding hydrogens is 454 g/mol. The minimum absolute atomic E-state index is 0.177. The Bertz CT molecular complexity index is 1280. The third kappa shape index (κ3) is 3.65. The highest BCUT2D eigenvalue weighted by molar-refractivity contribution is 7.16. The number of carbonyl (C=O) groups is 2.